The molecule has 0 aliphatic heterocycles. The van der Waals surface area contributed by atoms with Gasteiger partial charge in [-0.3, -0.25) is 4.68 Å². The number of hydrogen-bond donors (Lipinski definition) is 1. The zero-order valence-corrected chi connectivity index (χ0v) is 11.8. The van der Waals surface area contributed by atoms with Crippen LogP contribution < -0.4 is 5.73 Å². The molecule has 20 heavy (non-hydrogen) atoms. The Kier molecular flexibility index (Phi) is 5.54. The van der Waals surface area contributed by atoms with Gasteiger partial charge in [0.05, 0.1) is 12.6 Å². The summed E-state index contributed by atoms with van der Waals surface area (Å²) in [5.74, 6) is 0. The summed E-state index contributed by atoms with van der Waals surface area (Å²) in [7, 11) is -2.84. The topological polar surface area (TPSA) is 81.2 Å². The molecule has 0 aliphatic rings. The molecule has 1 heterocycles. The van der Waals surface area contributed by atoms with Gasteiger partial charge in [0.2, 0.25) is 10.0 Å². The van der Waals surface area contributed by atoms with Crippen molar-refractivity contribution in [2.45, 2.75) is 30.5 Å². The minimum Gasteiger partial charge on any atom is -0.330 e. The Morgan fingerprint density at radius 3 is 2.65 bits per heavy atom. The van der Waals surface area contributed by atoms with Crippen molar-refractivity contribution >= 4 is 10.0 Å². The lowest BCUT2D eigenvalue weighted by Crippen LogP contribution is -2.30. The molecule has 2 N–H and O–H groups in total. The second-order valence-corrected chi connectivity index (χ2v) is 6.32. The van der Waals surface area contributed by atoms with Gasteiger partial charge in [0, 0.05) is 26.3 Å². The summed E-state index contributed by atoms with van der Waals surface area (Å²) in [6.45, 7) is 0.269. The quantitative estimate of drug-likeness (QED) is 0.807. The van der Waals surface area contributed by atoms with E-state index in [0.29, 0.717) is 23.8 Å². The number of nitrogens with zero attached hydrogens (tertiary/aromatic N) is 3. The van der Waals surface area contributed by atoms with E-state index in [4.69, 9.17) is 5.73 Å². The molecule has 0 fully saturated rings. The Balaban J connectivity index is 2.74. The van der Waals surface area contributed by atoms with Crippen LogP contribution in [0.3, 0.4) is 0 Å². The van der Waals surface area contributed by atoms with E-state index < -0.39 is 29.2 Å². The molecule has 1 aromatic heterocycles. The van der Waals surface area contributed by atoms with Crippen LogP contribution in [0.5, 0.6) is 0 Å². The van der Waals surface area contributed by atoms with Crippen molar-refractivity contribution in [3.63, 3.8) is 0 Å². The van der Waals surface area contributed by atoms with Crippen LogP contribution >= 0.6 is 0 Å². The molecule has 0 radical (unpaired) electrons. The molecule has 116 valence electrons. The molecule has 1 rings (SSSR count). The molecule has 0 unspecified atom stereocenters. The maximum Gasteiger partial charge on any atom is 0.390 e. The number of nitrogens with two attached hydrogens (primary N) is 1. The second kappa shape index (κ2) is 6.55. The first kappa shape index (κ1) is 16.9. The Hall–Kier alpha value is -1.13. The van der Waals surface area contributed by atoms with Gasteiger partial charge < -0.3 is 5.73 Å². The lowest BCUT2D eigenvalue weighted by Gasteiger charge is -2.16. The molecule has 0 saturated heterocycles. The van der Waals surface area contributed by atoms with Crippen LogP contribution in [0, 0.1) is 0 Å². The highest BCUT2D eigenvalue weighted by atomic mass is 32.2. The average Bonchev–Trinajstić information content (AvgIpc) is 2.81. The first-order chi connectivity index (χ1) is 9.16. The highest BCUT2D eigenvalue weighted by Crippen LogP contribution is 2.21. The van der Waals surface area contributed by atoms with Crippen molar-refractivity contribution in [1.29, 1.82) is 0 Å². The first-order valence-electron chi connectivity index (χ1n) is 5.92. The molecule has 0 aliphatic carbocycles. The predicted molar refractivity (Wildman–Crippen MR) is 66.4 cm³/mol. The molecule has 10 heteroatoms. The van der Waals surface area contributed by atoms with Gasteiger partial charge in [0.1, 0.15) is 4.90 Å². The summed E-state index contributed by atoms with van der Waals surface area (Å²) in [5, 5.41) is 3.84. The normalized spacial score (nSPS) is 13.1. The van der Waals surface area contributed by atoms with E-state index in [9.17, 15) is 21.6 Å². The number of hydrogen-bond acceptors (Lipinski definition) is 4. The average molecular weight is 314 g/mol. The smallest absolute Gasteiger partial charge is 0.330 e. The van der Waals surface area contributed by atoms with Crippen molar-refractivity contribution in [3.05, 3.63) is 12.4 Å². The number of rotatable bonds is 7. The van der Waals surface area contributed by atoms with E-state index in [1.807, 2.05) is 0 Å². The summed E-state index contributed by atoms with van der Waals surface area (Å²) in [6, 6.07) is 0. The number of halogens is 3. The fourth-order valence-corrected chi connectivity index (χ4v) is 2.56. The Morgan fingerprint density at radius 2 is 2.10 bits per heavy atom. The monoisotopic (exact) mass is 314 g/mol. The SMILES string of the molecule is CN(CCC(F)(F)F)S(=O)(=O)c1cnn(CCCN)c1. The van der Waals surface area contributed by atoms with Crippen LogP contribution in [-0.4, -0.2) is 48.8 Å². The van der Waals surface area contributed by atoms with E-state index in [0.717, 1.165) is 13.2 Å². The van der Waals surface area contributed by atoms with Gasteiger partial charge >= 0.3 is 6.18 Å². The van der Waals surface area contributed by atoms with Crippen LogP contribution in [0.2, 0.25) is 0 Å². The van der Waals surface area contributed by atoms with Crippen LogP contribution in [0.4, 0.5) is 13.2 Å². The lowest BCUT2D eigenvalue weighted by atomic mass is 10.4. The van der Waals surface area contributed by atoms with Crippen LogP contribution in [0.1, 0.15) is 12.8 Å². The number of aromatic nitrogens is 2. The Labute approximate surface area is 115 Å². The molecular weight excluding hydrogens is 297 g/mol. The molecule has 0 spiro atoms. The summed E-state index contributed by atoms with van der Waals surface area (Å²) >= 11 is 0. The van der Waals surface area contributed by atoms with Gasteiger partial charge in [-0.2, -0.15) is 18.3 Å². The van der Waals surface area contributed by atoms with E-state index in [2.05, 4.69) is 5.10 Å². The summed E-state index contributed by atoms with van der Waals surface area (Å²) < 4.78 is 62.4. The van der Waals surface area contributed by atoms with E-state index in [1.54, 1.807) is 0 Å². The molecule has 6 nitrogen and oxygen atoms in total. The van der Waals surface area contributed by atoms with Crippen molar-refractivity contribution in [2.24, 2.45) is 5.73 Å². The van der Waals surface area contributed by atoms with Crippen molar-refractivity contribution < 1.29 is 21.6 Å². The molecule has 0 saturated carbocycles. The van der Waals surface area contributed by atoms with Crippen molar-refractivity contribution in [3.8, 4) is 0 Å². The van der Waals surface area contributed by atoms with E-state index in [-0.39, 0.29) is 4.90 Å². The molecule has 0 bridgehead atoms. The lowest BCUT2D eigenvalue weighted by molar-refractivity contribution is -0.135. The predicted octanol–water partition coefficient (Wildman–Crippen LogP) is 0.805. The second-order valence-electron chi connectivity index (χ2n) is 4.27. The fraction of sp³-hybridized carbons (Fsp3) is 0.700. The third-order valence-corrected chi connectivity index (χ3v) is 4.43. The van der Waals surface area contributed by atoms with Crippen LogP contribution in [0.15, 0.2) is 17.3 Å². The number of alkyl halides is 3. The van der Waals surface area contributed by atoms with Crippen molar-refractivity contribution in [2.75, 3.05) is 20.1 Å². The van der Waals surface area contributed by atoms with Gasteiger partial charge in [-0.15, -0.1) is 0 Å². The van der Waals surface area contributed by atoms with Gasteiger partial charge in [-0.25, -0.2) is 12.7 Å². The highest BCUT2D eigenvalue weighted by Gasteiger charge is 2.30. The third kappa shape index (κ3) is 4.76. The standard InChI is InChI=1S/C10H17F3N4O2S/c1-16(6-3-10(11,12)13)20(18,19)9-7-15-17(8-9)5-2-4-14/h7-8H,2-6,14H2,1H3. The molecule has 0 amide bonds. The zero-order valence-electron chi connectivity index (χ0n) is 11.0. The molecule has 0 aromatic carbocycles. The van der Waals surface area contributed by atoms with Gasteiger partial charge in [0.15, 0.2) is 0 Å². The zero-order chi connectivity index (χ0) is 15.4. The Morgan fingerprint density at radius 1 is 1.45 bits per heavy atom. The van der Waals surface area contributed by atoms with Gasteiger partial charge in [0.25, 0.3) is 0 Å². The van der Waals surface area contributed by atoms with E-state index in [1.165, 1.54) is 10.9 Å². The fourth-order valence-electron chi connectivity index (χ4n) is 1.44. The van der Waals surface area contributed by atoms with Gasteiger partial charge in [-0.1, -0.05) is 0 Å². The minimum atomic E-state index is -4.39. The maximum absolute atomic E-state index is 12.1. The maximum atomic E-state index is 12.1. The van der Waals surface area contributed by atoms with Crippen LogP contribution in [-0.2, 0) is 16.6 Å². The van der Waals surface area contributed by atoms with E-state index >= 15 is 0 Å². The third-order valence-electron chi connectivity index (χ3n) is 2.62. The summed E-state index contributed by atoms with van der Waals surface area (Å²) in [4.78, 5) is -0.126. The molecular formula is C10H17F3N4O2S. The number of sulfonamides is 1. The Bertz CT molecular complexity index is 527. The molecule has 1 aromatic rings. The number of aryl methyl sites for hydroxylation is 1. The summed E-state index contributed by atoms with van der Waals surface area (Å²) in [5.41, 5.74) is 5.32. The van der Waals surface area contributed by atoms with Gasteiger partial charge in [-0.05, 0) is 13.0 Å². The molecule has 0 atom stereocenters. The summed E-state index contributed by atoms with van der Waals surface area (Å²) in [6.07, 6.45) is -2.55. The first-order valence-corrected chi connectivity index (χ1v) is 7.36. The largest absolute Gasteiger partial charge is 0.390 e. The van der Waals surface area contributed by atoms with Crippen molar-refractivity contribution in [1.82, 2.24) is 14.1 Å². The highest BCUT2D eigenvalue weighted by molar-refractivity contribution is 7.89. The minimum absolute atomic E-state index is 0.126. The van der Waals surface area contributed by atoms with Crippen LogP contribution in [0.25, 0.3) is 0 Å².